The first kappa shape index (κ1) is 17.5. The zero-order valence-corrected chi connectivity index (χ0v) is 15.2. The van der Waals surface area contributed by atoms with Crippen LogP contribution in [0.2, 0.25) is 0 Å². The predicted molar refractivity (Wildman–Crippen MR) is 102 cm³/mol. The molecule has 2 aliphatic rings. The molecule has 5 heteroatoms. The van der Waals surface area contributed by atoms with Crippen LogP contribution in [-0.2, 0) is 14.3 Å². The number of imide groups is 1. The molecule has 0 saturated carbocycles. The van der Waals surface area contributed by atoms with Gasteiger partial charge < -0.3 is 9.47 Å². The molecule has 27 heavy (non-hydrogen) atoms. The number of rotatable bonds is 3. The van der Waals surface area contributed by atoms with Crippen LogP contribution in [0.1, 0.15) is 24.8 Å². The maximum Gasteiger partial charge on any atom is 0.271 e. The zero-order chi connectivity index (χ0) is 18.9. The summed E-state index contributed by atoms with van der Waals surface area (Å²) < 4.78 is 11.2. The summed E-state index contributed by atoms with van der Waals surface area (Å²) in [6, 6.07) is 16.4. The van der Waals surface area contributed by atoms with Crippen LogP contribution in [0.4, 0.5) is 5.69 Å². The molecule has 0 aromatic heterocycles. The highest BCUT2D eigenvalue weighted by atomic mass is 16.5. The van der Waals surface area contributed by atoms with Gasteiger partial charge in [0.05, 0.1) is 18.4 Å². The summed E-state index contributed by atoms with van der Waals surface area (Å²) in [5, 5.41) is 0. The molecule has 2 amide bonds. The fourth-order valence-electron chi connectivity index (χ4n) is 3.71. The van der Waals surface area contributed by atoms with Gasteiger partial charge in [-0.2, -0.15) is 0 Å². The third-order valence-corrected chi connectivity index (χ3v) is 5.13. The molecule has 0 N–H and O–H groups in total. The third-order valence-electron chi connectivity index (χ3n) is 5.13. The molecule has 2 fully saturated rings. The van der Waals surface area contributed by atoms with E-state index in [0.717, 1.165) is 24.2 Å². The Labute approximate surface area is 158 Å². The molecule has 2 aliphatic heterocycles. The van der Waals surface area contributed by atoms with Crippen LogP contribution in [0.5, 0.6) is 5.75 Å². The van der Waals surface area contributed by atoms with Crippen LogP contribution in [0, 0.1) is 0 Å². The number of anilines is 1. The molecule has 1 atom stereocenters. The Bertz CT molecular complexity index is 880. The van der Waals surface area contributed by atoms with Gasteiger partial charge >= 0.3 is 0 Å². The highest BCUT2D eigenvalue weighted by Crippen LogP contribution is 2.42. The number of ether oxygens (including phenoxy) is 2. The molecular formula is C22H21NO4. The average molecular weight is 363 g/mol. The second kappa shape index (κ2) is 7.00. The summed E-state index contributed by atoms with van der Waals surface area (Å²) in [6.45, 7) is 0.474. The van der Waals surface area contributed by atoms with Gasteiger partial charge in [0, 0.05) is 6.61 Å². The highest BCUT2D eigenvalue weighted by Gasteiger charge is 2.57. The summed E-state index contributed by atoms with van der Waals surface area (Å²) in [5.41, 5.74) is 0.612. The number of benzene rings is 2. The minimum atomic E-state index is -1.19. The third kappa shape index (κ3) is 2.94. The summed E-state index contributed by atoms with van der Waals surface area (Å²) in [7, 11) is 1.61. The van der Waals surface area contributed by atoms with Crippen molar-refractivity contribution in [2.75, 3.05) is 18.6 Å². The minimum Gasteiger partial charge on any atom is -0.497 e. The quantitative estimate of drug-likeness (QED) is 0.618. The van der Waals surface area contributed by atoms with E-state index in [9.17, 15) is 9.59 Å². The molecular weight excluding hydrogens is 342 g/mol. The smallest absolute Gasteiger partial charge is 0.271 e. The molecule has 2 aromatic rings. The van der Waals surface area contributed by atoms with Crippen molar-refractivity contribution in [3.63, 3.8) is 0 Å². The molecule has 2 saturated heterocycles. The van der Waals surface area contributed by atoms with Crippen LogP contribution >= 0.6 is 0 Å². The second-order valence-electron chi connectivity index (χ2n) is 6.75. The van der Waals surface area contributed by atoms with Crippen LogP contribution < -0.4 is 9.64 Å². The second-order valence-corrected chi connectivity index (χ2v) is 6.75. The molecule has 0 radical (unpaired) electrons. The number of hydrogen-bond acceptors (Lipinski definition) is 4. The van der Waals surface area contributed by atoms with Gasteiger partial charge in [0.25, 0.3) is 11.8 Å². The first-order valence-corrected chi connectivity index (χ1v) is 9.10. The van der Waals surface area contributed by atoms with Gasteiger partial charge in [0.2, 0.25) is 0 Å². The first-order valence-electron chi connectivity index (χ1n) is 9.10. The largest absolute Gasteiger partial charge is 0.497 e. The fourth-order valence-corrected chi connectivity index (χ4v) is 3.71. The van der Waals surface area contributed by atoms with Crippen molar-refractivity contribution in [3.8, 4) is 5.75 Å². The summed E-state index contributed by atoms with van der Waals surface area (Å²) >= 11 is 0. The molecule has 2 aromatic carbocycles. The molecule has 4 rings (SSSR count). The monoisotopic (exact) mass is 363 g/mol. The number of carbonyl (C=O) groups excluding carboxylic acids is 2. The summed E-state index contributed by atoms with van der Waals surface area (Å²) in [6.07, 6.45) is 4.03. The molecule has 1 spiro atoms. The standard InChI is InChI=1S/C22H21NO4/c1-26-18-11-9-16(10-12-18)15-19-20(24)23(17-7-3-2-4-8-17)21(25)22(19)13-5-6-14-27-22/h2-4,7-12,15H,5-6,13-14H2,1H3. The van der Waals surface area contributed by atoms with Crippen LogP contribution in [0.3, 0.4) is 0 Å². The first-order chi connectivity index (χ1) is 13.2. The van der Waals surface area contributed by atoms with E-state index in [-0.39, 0.29) is 11.8 Å². The Morgan fingerprint density at radius 1 is 1.04 bits per heavy atom. The Balaban J connectivity index is 1.80. The van der Waals surface area contributed by atoms with E-state index in [4.69, 9.17) is 9.47 Å². The number of hydrogen-bond donors (Lipinski definition) is 0. The topological polar surface area (TPSA) is 55.8 Å². The lowest BCUT2D eigenvalue weighted by Crippen LogP contribution is -2.45. The van der Waals surface area contributed by atoms with Crippen LogP contribution in [0.25, 0.3) is 6.08 Å². The summed E-state index contributed by atoms with van der Waals surface area (Å²) in [4.78, 5) is 27.8. The van der Waals surface area contributed by atoms with Gasteiger partial charge in [0.1, 0.15) is 5.75 Å². The Morgan fingerprint density at radius 2 is 1.78 bits per heavy atom. The van der Waals surface area contributed by atoms with Crippen molar-refractivity contribution in [2.45, 2.75) is 24.9 Å². The Hall–Kier alpha value is -2.92. The molecule has 138 valence electrons. The molecule has 0 bridgehead atoms. The highest BCUT2D eigenvalue weighted by molar-refractivity contribution is 6.33. The van der Waals surface area contributed by atoms with Crippen molar-refractivity contribution in [2.24, 2.45) is 0 Å². The van der Waals surface area contributed by atoms with E-state index < -0.39 is 5.60 Å². The van der Waals surface area contributed by atoms with Gasteiger partial charge in [-0.25, -0.2) is 4.90 Å². The lowest BCUT2D eigenvalue weighted by atomic mass is 9.86. The molecule has 1 unspecified atom stereocenters. The zero-order valence-electron chi connectivity index (χ0n) is 15.2. The normalized spacial score (nSPS) is 24.0. The predicted octanol–water partition coefficient (Wildman–Crippen LogP) is 3.59. The maximum absolute atomic E-state index is 13.3. The number of methoxy groups -OCH3 is 1. The average Bonchev–Trinajstić information content (AvgIpc) is 2.91. The molecule has 2 heterocycles. The summed E-state index contributed by atoms with van der Waals surface area (Å²) in [5.74, 6) is 0.127. The van der Waals surface area contributed by atoms with Crippen molar-refractivity contribution >= 4 is 23.6 Å². The van der Waals surface area contributed by atoms with Crippen molar-refractivity contribution in [1.29, 1.82) is 0 Å². The Kier molecular flexibility index (Phi) is 4.54. The van der Waals surface area contributed by atoms with E-state index in [0.29, 0.717) is 24.3 Å². The number of nitrogens with zero attached hydrogens (tertiary/aromatic N) is 1. The number of amides is 2. The van der Waals surface area contributed by atoms with E-state index >= 15 is 0 Å². The SMILES string of the molecule is COc1ccc(C=C2C(=O)N(c3ccccc3)C(=O)C23CCCCO3)cc1. The van der Waals surface area contributed by atoms with E-state index in [1.54, 1.807) is 25.3 Å². The van der Waals surface area contributed by atoms with Crippen molar-refractivity contribution in [3.05, 3.63) is 65.7 Å². The van der Waals surface area contributed by atoms with E-state index in [2.05, 4.69) is 0 Å². The molecule has 0 aliphatic carbocycles. The maximum atomic E-state index is 13.3. The fraction of sp³-hybridized carbons (Fsp3) is 0.273. The van der Waals surface area contributed by atoms with Gasteiger partial charge in [-0.1, -0.05) is 30.3 Å². The van der Waals surface area contributed by atoms with Crippen molar-refractivity contribution < 1.29 is 19.1 Å². The van der Waals surface area contributed by atoms with Gasteiger partial charge in [0.15, 0.2) is 5.60 Å². The van der Waals surface area contributed by atoms with Gasteiger partial charge in [-0.3, -0.25) is 9.59 Å². The minimum absolute atomic E-state index is 0.293. The number of para-hydroxylation sites is 1. The molecule has 5 nitrogen and oxygen atoms in total. The lowest BCUT2D eigenvalue weighted by molar-refractivity contribution is -0.140. The van der Waals surface area contributed by atoms with Gasteiger partial charge in [-0.15, -0.1) is 0 Å². The van der Waals surface area contributed by atoms with E-state index in [1.807, 2.05) is 42.5 Å². The Morgan fingerprint density at radius 3 is 2.41 bits per heavy atom. The number of carbonyl (C=O) groups is 2. The van der Waals surface area contributed by atoms with Gasteiger partial charge in [-0.05, 0) is 55.2 Å². The van der Waals surface area contributed by atoms with Crippen LogP contribution in [-0.4, -0.2) is 31.1 Å². The lowest BCUT2D eigenvalue weighted by Gasteiger charge is -2.32. The van der Waals surface area contributed by atoms with E-state index in [1.165, 1.54) is 4.90 Å². The van der Waals surface area contributed by atoms with Crippen LogP contribution in [0.15, 0.2) is 60.2 Å². The van der Waals surface area contributed by atoms with Crippen molar-refractivity contribution in [1.82, 2.24) is 0 Å².